The molecule has 4 amide bonds. The molecule has 1 N–H and O–H groups in total. The smallest absolute Gasteiger partial charge is 0.325 e. The van der Waals surface area contributed by atoms with Gasteiger partial charge in [-0.15, -0.1) is 0 Å². The van der Waals surface area contributed by atoms with E-state index in [0.29, 0.717) is 24.7 Å². The molecule has 2 saturated heterocycles. The van der Waals surface area contributed by atoms with Gasteiger partial charge < -0.3 is 14.8 Å². The quantitative estimate of drug-likeness (QED) is 0.682. The lowest BCUT2D eigenvalue weighted by molar-refractivity contribution is -0.134. The van der Waals surface area contributed by atoms with E-state index < -0.39 is 12.1 Å². The Morgan fingerprint density at radius 1 is 1.06 bits per heavy atom. The molecule has 0 saturated carbocycles. The second kappa shape index (κ2) is 8.67. The van der Waals surface area contributed by atoms with Crippen LogP contribution in [0, 0.1) is 5.92 Å². The van der Waals surface area contributed by atoms with Gasteiger partial charge in [-0.25, -0.2) is 4.79 Å². The summed E-state index contributed by atoms with van der Waals surface area (Å²) in [5.41, 5.74) is 1.77. The van der Waals surface area contributed by atoms with Crippen LogP contribution in [0.1, 0.15) is 36.4 Å². The van der Waals surface area contributed by atoms with Crippen LogP contribution in [0.2, 0.25) is 5.02 Å². The summed E-state index contributed by atoms with van der Waals surface area (Å²) in [6.45, 7) is 1.96. The lowest BCUT2D eigenvalue weighted by Crippen LogP contribution is -2.49. The first kappa shape index (κ1) is 21.7. The number of amides is 4. The Labute approximate surface area is 196 Å². The second-order valence-corrected chi connectivity index (χ2v) is 9.53. The number of urea groups is 1. The van der Waals surface area contributed by atoms with Gasteiger partial charge in [0.2, 0.25) is 5.91 Å². The summed E-state index contributed by atoms with van der Waals surface area (Å²) in [7, 11) is 0. The van der Waals surface area contributed by atoms with Crippen molar-refractivity contribution < 1.29 is 14.4 Å². The molecule has 2 bridgehead atoms. The van der Waals surface area contributed by atoms with Crippen molar-refractivity contribution in [3.63, 3.8) is 0 Å². The number of carbonyl (C=O) groups is 3. The van der Waals surface area contributed by atoms with Crippen molar-refractivity contribution in [2.45, 2.75) is 44.3 Å². The van der Waals surface area contributed by atoms with Crippen molar-refractivity contribution in [2.24, 2.45) is 5.92 Å². The summed E-state index contributed by atoms with van der Waals surface area (Å²) in [4.78, 5) is 53.3. The number of piperidine rings is 1. The number of nitrogens with one attached hydrogen (secondary N) is 1. The largest absolute Gasteiger partial charge is 0.342 e. The molecule has 33 heavy (non-hydrogen) atoms. The van der Waals surface area contributed by atoms with Crippen LogP contribution in [0.3, 0.4) is 0 Å². The molecular weight excluding hydrogens is 444 g/mol. The number of halogens is 1. The van der Waals surface area contributed by atoms with Crippen molar-refractivity contribution in [3.05, 3.63) is 69.1 Å². The lowest BCUT2D eigenvalue weighted by atomic mass is 9.83. The zero-order chi connectivity index (χ0) is 23.1. The highest BCUT2D eigenvalue weighted by atomic mass is 35.5. The van der Waals surface area contributed by atoms with E-state index in [2.05, 4.69) is 5.32 Å². The lowest BCUT2D eigenvalue weighted by Gasteiger charge is -2.42. The van der Waals surface area contributed by atoms with Gasteiger partial charge in [0.15, 0.2) is 0 Å². The SMILES string of the molecule is O=C(CC[C@@H]1NC(=O)N(Cc2cccc(Cl)c2)C1=O)N1C[C@H]2C[C@@H](C1)c1cccc(=O)n1C2. The fraction of sp³-hybridized carbons (Fsp3) is 0.417. The molecule has 3 atom stereocenters. The summed E-state index contributed by atoms with van der Waals surface area (Å²) >= 11 is 6.00. The van der Waals surface area contributed by atoms with Crippen molar-refractivity contribution in [1.82, 2.24) is 19.7 Å². The van der Waals surface area contributed by atoms with E-state index in [1.165, 1.54) is 4.90 Å². The first-order valence-electron chi connectivity index (χ1n) is 11.2. The molecule has 1 aromatic heterocycles. The molecule has 1 aromatic carbocycles. The highest BCUT2D eigenvalue weighted by molar-refractivity contribution is 6.30. The molecule has 0 unspecified atom stereocenters. The summed E-state index contributed by atoms with van der Waals surface area (Å²) in [5, 5.41) is 3.24. The Morgan fingerprint density at radius 2 is 1.88 bits per heavy atom. The van der Waals surface area contributed by atoms with Gasteiger partial charge in [-0.3, -0.25) is 19.3 Å². The van der Waals surface area contributed by atoms with Crippen LogP contribution in [0.25, 0.3) is 0 Å². The van der Waals surface area contributed by atoms with E-state index in [0.717, 1.165) is 17.7 Å². The predicted octanol–water partition coefficient (Wildman–Crippen LogP) is 2.35. The monoisotopic (exact) mass is 468 g/mol. The van der Waals surface area contributed by atoms with E-state index in [-0.39, 0.29) is 48.6 Å². The molecule has 0 radical (unpaired) electrons. The van der Waals surface area contributed by atoms with Gasteiger partial charge in [0, 0.05) is 48.8 Å². The number of hydrogen-bond acceptors (Lipinski definition) is 4. The molecule has 0 aliphatic carbocycles. The van der Waals surface area contributed by atoms with Gasteiger partial charge in [-0.05, 0) is 42.5 Å². The Morgan fingerprint density at radius 3 is 2.70 bits per heavy atom. The molecule has 0 spiro atoms. The molecule has 4 heterocycles. The minimum absolute atomic E-state index is 0.0137. The van der Waals surface area contributed by atoms with Gasteiger partial charge in [-0.1, -0.05) is 29.8 Å². The molecule has 8 nitrogen and oxygen atoms in total. The minimum Gasteiger partial charge on any atom is -0.342 e. The van der Waals surface area contributed by atoms with Crippen LogP contribution in [-0.4, -0.2) is 51.3 Å². The number of hydrogen-bond donors (Lipinski definition) is 1. The summed E-state index contributed by atoms with van der Waals surface area (Å²) in [5.74, 6) is 0.0565. The highest BCUT2D eigenvalue weighted by Gasteiger charge is 2.39. The fourth-order valence-electron chi connectivity index (χ4n) is 5.27. The number of carbonyl (C=O) groups excluding carboxylic acids is 3. The Kier molecular flexibility index (Phi) is 5.70. The number of fused-ring (bicyclic) bond motifs is 4. The maximum atomic E-state index is 13.0. The van der Waals surface area contributed by atoms with Crippen LogP contribution in [0.15, 0.2) is 47.3 Å². The van der Waals surface area contributed by atoms with Crippen LogP contribution < -0.4 is 10.9 Å². The van der Waals surface area contributed by atoms with Crippen LogP contribution in [0.5, 0.6) is 0 Å². The molecule has 2 fully saturated rings. The minimum atomic E-state index is -0.704. The van der Waals surface area contributed by atoms with E-state index in [4.69, 9.17) is 11.6 Å². The standard InChI is InChI=1S/C24H25ClN4O4/c25-18-4-1-3-15(10-18)12-29-23(32)19(26-24(29)33)7-8-21(30)27-11-16-9-17(14-27)20-5-2-6-22(31)28(20)13-16/h1-6,10,16-17,19H,7-9,11-14H2,(H,26,33)/t16-,17+,19+/m1/s1. The number of likely N-dealkylation sites (tertiary alicyclic amines) is 1. The van der Waals surface area contributed by atoms with Crippen molar-refractivity contribution >= 4 is 29.4 Å². The average molecular weight is 469 g/mol. The maximum Gasteiger partial charge on any atom is 0.325 e. The molecule has 2 aromatic rings. The van der Waals surface area contributed by atoms with Crippen LogP contribution in [0.4, 0.5) is 4.79 Å². The normalized spacial score (nSPS) is 24.0. The van der Waals surface area contributed by atoms with Gasteiger partial charge in [0.1, 0.15) is 6.04 Å². The third-order valence-electron chi connectivity index (χ3n) is 6.82. The fourth-order valence-corrected chi connectivity index (χ4v) is 5.48. The third-order valence-corrected chi connectivity index (χ3v) is 7.05. The Bertz CT molecular complexity index is 1180. The number of nitrogens with zero attached hydrogens (tertiary/aromatic N) is 3. The van der Waals surface area contributed by atoms with Crippen molar-refractivity contribution in [3.8, 4) is 0 Å². The Balaban J connectivity index is 1.19. The number of benzene rings is 1. The van der Waals surface area contributed by atoms with Crippen LogP contribution >= 0.6 is 11.6 Å². The molecule has 3 aliphatic heterocycles. The number of pyridine rings is 1. The van der Waals surface area contributed by atoms with Gasteiger partial charge in [-0.2, -0.15) is 0 Å². The van der Waals surface area contributed by atoms with E-state index >= 15 is 0 Å². The number of imide groups is 1. The number of rotatable bonds is 5. The third kappa shape index (κ3) is 4.27. The van der Waals surface area contributed by atoms with E-state index in [1.54, 1.807) is 30.3 Å². The van der Waals surface area contributed by atoms with Crippen molar-refractivity contribution in [1.29, 1.82) is 0 Å². The molecule has 3 aliphatic rings. The van der Waals surface area contributed by atoms with Gasteiger partial charge in [0.05, 0.1) is 6.54 Å². The second-order valence-electron chi connectivity index (χ2n) is 9.09. The molecule has 5 rings (SSSR count). The number of aromatic nitrogens is 1. The van der Waals surface area contributed by atoms with Crippen molar-refractivity contribution in [2.75, 3.05) is 13.1 Å². The molecule has 172 valence electrons. The first-order valence-corrected chi connectivity index (χ1v) is 11.6. The van der Waals surface area contributed by atoms with Gasteiger partial charge >= 0.3 is 6.03 Å². The average Bonchev–Trinajstić information content (AvgIpc) is 3.05. The summed E-state index contributed by atoms with van der Waals surface area (Å²) < 4.78 is 1.84. The zero-order valence-corrected chi connectivity index (χ0v) is 18.8. The maximum absolute atomic E-state index is 13.0. The summed E-state index contributed by atoms with van der Waals surface area (Å²) in [6.07, 6.45) is 1.42. The van der Waals surface area contributed by atoms with E-state index in [1.807, 2.05) is 21.6 Å². The topological polar surface area (TPSA) is 91.7 Å². The summed E-state index contributed by atoms with van der Waals surface area (Å²) in [6, 6.07) is 11.2. The van der Waals surface area contributed by atoms with Crippen LogP contribution in [-0.2, 0) is 22.7 Å². The zero-order valence-electron chi connectivity index (χ0n) is 18.1. The Hall–Kier alpha value is -3.13. The van der Waals surface area contributed by atoms with E-state index in [9.17, 15) is 19.2 Å². The van der Waals surface area contributed by atoms with Gasteiger partial charge in [0.25, 0.3) is 11.5 Å². The molecular formula is C24H25ClN4O4. The molecule has 9 heteroatoms. The first-order chi connectivity index (χ1) is 15.9. The highest BCUT2D eigenvalue weighted by Crippen LogP contribution is 2.35. The predicted molar refractivity (Wildman–Crippen MR) is 122 cm³/mol.